The molecule has 0 saturated heterocycles. The van der Waals surface area contributed by atoms with Crippen LogP contribution in [0, 0.1) is 5.82 Å². The Bertz CT molecular complexity index is 1460. The highest BCUT2D eigenvalue weighted by atomic mass is 79.9. The van der Waals surface area contributed by atoms with Gasteiger partial charge in [-0.05, 0) is 82.0 Å². The third kappa shape index (κ3) is 7.83. The van der Waals surface area contributed by atoms with Crippen LogP contribution in [0.15, 0.2) is 94.5 Å². The standard InChI is InChI=1S/C31H28BrFN2O5/c1-3-38-28-17-24(11-14-27(28)39-19-21-7-5-4-6-8-21)31(36)35-34-18-23-15-26(32)30(29(16-23)37-2)40-20-22-9-12-25(33)13-10-22/h4-18H,3,19-20H2,1-2H3,(H,35,36)/b34-18+. The zero-order valence-corrected chi connectivity index (χ0v) is 23.6. The second-order valence-corrected chi connectivity index (χ2v) is 9.37. The third-order valence-corrected chi connectivity index (χ3v) is 6.26. The quantitative estimate of drug-likeness (QED) is 0.140. The maximum absolute atomic E-state index is 13.2. The van der Waals surface area contributed by atoms with E-state index in [1.807, 2.05) is 37.3 Å². The van der Waals surface area contributed by atoms with Gasteiger partial charge in [-0.15, -0.1) is 0 Å². The molecular weight excluding hydrogens is 579 g/mol. The Kier molecular flexibility index (Phi) is 10.1. The molecule has 0 unspecified atom stereocenters. The van der Waals surface area contributed by atoms with Gasteiger partial charge in [0.15, 0.2) is 23.0 Å². The number of nitrogens with zero attached hydrogens (tertiary/aromatic N) is 1. The van der Waals surface area contributed by atoms with Gasteiger partial charge >= 0.3 is 0 Å². The highest BCUT2D eigenvalue weighted by molar-refractivity contribution is 9.10. The average molecular weight is 607 g/mol. The van der Waals surface area contributed by atoms with Crippen molar-refractivity contribution in [3.63, 3.8) is 0 Å². The SMILES string of the molecule is CCOc1cc(C(=O)N/N=C/c2cc(Br)c(OCc3ccc(F)cc3)c(OC)c2)ccc1OCc1ccccc1. The van der Waals surface area contributed by atoms with Crippen LogP contribution in [0.4, 0.5) is 4.39 Å². The molecule has 0 aliphatic carbocycles. The van der Waals surface area contributed by atoms with Crippen molar-refractivity contribution in [1.82, 2.24) is 5.43 Å². The van der Waals surface area contributed by atoms with Crippen LogP contribution < -0.4 is 24.4 Å². The minimum atomic E-state index is -0.405. The smallest absolute Gasteiger partial charge is 0.271 e. The number of hydrazone groups is 1. The van der Waals surface area contributed by atoms with Crippen LogP contribution in [0.25, 0.3) is 0 Å². The second-order valence-electron chi connectivity index (χ2n) is 8.52. The summed E-state index contributed by atoms with van der Waals surface area (Å²) < 4.78 is 36.8. The van der Waals surface area contributed by atoms with E-state index in [1.54, 1.807) is 42.5 Å². The lowest BCUT2D eigenvalue weighted by Crippen LogP contribution is -2.17. The molecular formula is C31H28BrFN2O5. The monoisotopic (exact) mass is 606 g/mol. The van der Waals surface area contributed by atoms with Crippen molar-refractivity contribution in [3.05, 3.63) is 117 Å². The fourth-order valence-electron chi connectivity index (χ4n) is 3.69. The first-order valence-corrected chi connectivity index (χ1v) is 13.3. The Morgan fingerprint density at radius 2 is 1.60 bits per heavy atom. The molecule has 0 saturated carbocycles. The van der Waals surface area contributed by atoms with Crippen molar-refractivity contribution in [2.75, 3.05) is 13.7 Å². The molecule has 0 radical (unpaired) electrons. The van der Waals surface area contributed by atoms with Crippen LogP contribution in [-0.4, -0.2) is 25.8 Å². The highest BCUT2D eigenvalue weighted by Gasteiger charge is 2.13. The highest BCUT2D eigenvalue weighted by Crippen LogP contribution is 2.37. The van der Waals surface area contributed by atoms with Gasteiger partial charge in [-0.3, -0.25) is 4.79 Å². The molecule has 9 heteroatoms. The van der Waals surface area contributed by atoms with Gasteiger partial charge in [0.2, 0.25) is 0 Å². The van der Waals surface area contributed by atoms with Gasteiger partial charge in [0.05, 0.1) is 24.4 Å². The number of hydrogen-bond donors (Lipinski definition) is 1. The molecule has 1 amide bonds. The van der Waals surface area contributed by atoms with E-state index in [1.165, 1.54) is 25.5 Å². The Morgan fingerprint density at radius 3 is 2.33 bits per heavy atom. The summed E-state index contributed by atoms with van der Waals surface area (Å²) in [5.74, 6) is 1.27. The van der Waals surface area contributed by atoms with E-state index in [9.17, 15) is 9.18 Å². The molecule has 0 spiro atoms. The first-order valence-electron chi connectivity index (χ1n) is 12.5. The number of methoxy groups -OCH3 is 1. The van der Waals surface area contributed by atoms with Crippen LogP contribution in [0.3, 0.4) is 0 Å². The zero-order chi connectivity index (χ0) is 28.3. The molecule has 1 N–H and O–H groups in total. The van der Waals surface area contributed by atoms with E-state index in [2.05, 4.69) is 26.5 Å². The number of amides is 1. The number of benzene rings is 4. The molecule has 0 fully saturated rings. The molecule has 0 atom stereocenters. The van der Waals surface area contributed by atoms with Gasteiger partial charge in [-0.1, -0.05) is 42.5 Å². The number of hydrogen-bond acceptors (Lipinski definition) is 6. The Balaban J connectivity index is 1.40. The van der Waals surface area contributed by atoms with E-state index in [0.717, 1.165) is 11.1 Å². The van der Waals surface area contributed by atoms with Crippen molar-refractivity contribution in [2.24, 2.45) is 5.10 Å². The largest absolute Gasteiger partial charge is 0.493 e. The van der Waals surface area contributed by atoms with Crippen molar-refractivity contribution in [1.29, 1.82) is 0 Å². The lowest BCUT2D eigenvalue weighted by Gasteiger charge is -2.14. The van der Waals surface area contributed by atoms with E-state index in [-0.39, 0.29) is 12.4 Å². The molecule has 40 heavy (non-hydrogen) atoms. The van der Waals surface area contributed by atoms with Gasteiger partial charge in [0, 0.05) is 5.56 Å². The summed E-state index contributed by atoms with van der Waals surface area (Å²) >= 11 is 3.50. The molecule has 7 nitrogen and oxygen atoms in total. The molecule has 4 rings (SSSR count). The number of ether oxygens (including phenoxy) is 4. The number of nitrogens with one attached hydrogen (secondary N) is 1. The molecule has 0 aromatic heterocycles. The van der Waals surface area contributed by atoms with E-state index in [0.29, 0.717) is 51.8 Å². The topological polar surface area (TPSA) is 78.4 Å². The minimum Gasteiger partial charge on any atom is -0.493 e. The van der Waals surface area contributed by atoms with E-state index >= 15 is 0 Å². The third-order valence-electron chi connectivity index (χ3n) is 5.67. The maximum atomic E-state index is 13.2. The fourth-order valence-corrected chi connectivity index (χ4v) is 4.27. The Morgan fingerprint density at radius 1 is 0.875 bits per heavy atom. The first kappa shape index (κ1) is 28.6. The first-order chi connectivity index (χ1) is 19.5. The molecule has 206 valence electrons. The number of carbonyl (C=O) groups excluding carboxylic acids is 1. The summed E-state index contributed by atoms with van der Waals surface area (Å²) in [5, 5.41) is 4.09. The maximum Gasteiger partial charge on any atom is 0.271 e. The lowest BCUT2D eigenvalue weighted by atomic mass is 10.2. The van der Waals surface area contributed by atoms with Gasteiger partial charge < -0.3 is 18.9 Å². The summed E-state index contributed by atoms with van der Waals surface area (Å²) in [6, 6.07) is 24.4. The summed E-state index contributed by atoms with van der Waals surface area (Å²) in [4.78, 5) is 12.8. The zero-order valence-electron chi connectivity index (χ0n) is 22.0. The van der Waals surface area contributed by atoms with Gasteiger partial charge in [0.25, 0.3) is 5.91 Å². The average Bonchev–Trinajstić information content (AvgIpc) is 2.97. The van der Waals surface area contributed by atoms with Crippen molar-refractivity contribution >= 4 is 28.1 Å². The van der Waals surface area contributed by atoms with Gasteiger partial charge in [-0.25, -0.2) is 9.82 Å². The lowest BCUT2D eigenvalue weighted by molar-refractivity contribution is 0.0954. The normalized spacial score (nSPS) is 10.8. The fraction of sp³-hybridized carbons (Fsp3) is 0.161. The van der Waals surface area contributed by atoms with Crippen LogP contribution in [0.5, 0.6) is 23.0 Å². The molecule has 4 aromatic rings. The summed E-state index contributed by atoms with van der Waals surface area (Å²) in [7, 11) is 1.53. The van der Waals surface area contributed by atoms with E-state index in [4.69, 9.17) is 18.9 Å². The second kappa shape index (κ2) is 14.1. The summed E-state index contributed by atoms with van der Waals surface area (Å²) in [6.07, 6.45) is 1.50. The Labute approximate surface area is 240 Å². The molecule has 0 aliphatic rings. The minimum absolute atomic E-state index is 0.235. The number of rotatable bonds is 12. The molecule has 0 aliphatic heterocycles. The summed E-state index contributed by atoms with van der Waals surface area (Å²) in [6.45, 7) is 2.90. The number of carbonyl (C=O) groups is 1. The predicted octanol–water partition coefficient (Wildman–Crippen LogP) is 6.92. The predicted molar refractivity (Wildman–Crippen MR) is 155 cm³/mol. The molecule has 0 bridgehead atoms. The van der Waals surface area contributed by atoms with E-state index < -0.39 is 5.91 Å². The van der Waals surface area contributed by atoms with Crippen LogP contribution in [-0.2, 0) is 13.2 Å². The molecule has 4 aromatic carbocycles. The van der Waals surface area contributed by atoms with Gasteiger partial charge in [-0.2, -0.15) is 5.10 Å². The number of halogens is 2. The van der Waals surface area contributed by atoms with Crippen LogP contribution >= 0.6 is 15.9 Å². The summed E-state index contributed by atoms with van der Waals surface area (Å²) in [5.41, 5.74) is 5.41. The van der Waals surface area contributed by atoms with Crippen LogP contribution in [0.1, 0.15) is 34.0 Å². The Hall–Kier alpha value is -4.37. The van der Waals surface area contributed by atoms with Gasteiger partial charge in [0.1, 0.15) is 19.0 Å². The van der Waals surface area contributed by atoms with Crippen LogP contribution in [0.2, 0.25) is 0 Å². The molecule has 0 heterocycles. The van der Waals surface area contributed by atoms with Crippen molar-refractivity contribution in [3.8, 4) is 23.0 Å². The van der Waals surface area contributed by atoms with Crippen molar-refractivity contribution in [2.45, 2.75) is 20.1 Å². The van der Waals surface area contributed by atoms with Crippen molar-refractivity contribution < 1.29 is 28.1 Å².